The third-order valence-electron chi connectivity index (χ3n) is 8.79. The van der Waals surface area contributed by atoms with Crippen LogP contribution in [0.3, 0.4) is 0 Å². The molecule has 49 heavy (non-hydrogen) atoms. The highest BCUT2D eigenvalue weighted by molar-refractivity contribution is 6.04. The van der Waals surface area contributed by atoms with Crippen molar-refractivity contribution in [3.8, 4) is 17.9 Å². The molecule has 0 spiro atoms. The predicted octanol–water partition coefficient (Wildman–Crippen LogP) is 4.81. The van der Waals surface area contributed by atoms with Gasteiger partial charge in [-0.15, -0.1) is 0 Å². The Kier molecular flexibility index (Phi) is 9.74. The normalized spacial score (nSPS) is 13.9. The van der Waals surface area contributed by atoms with Crippen molar-refractivity contribution in [1.29, 1.82) is 5.26 Å². The highest BCUT2D eigenvalue weighted by Gasteiger charge is 2.26. The fourth-order valence-electron chi connectivity index (χ4n) is 5.97. The molecule has 4 heterocycles. The Balaban J connectivity index is 1.22. The van der Waals surface area contributed by atoms with Crippen LogP contribution in [0, 0.1) is 35.9 Å². The lowest BCUT2D eigenvalue weighted by molar-refractivity contribution is 0.102. The molecule has 0 radical (unpaired) electrons. The van der Waals surface area contributed by atoms with Gasteiger partial charge in [-0.2, -0.15) is 10.4 Å². The Hall–Kier alpha value is -5.53. The number of hydrogen-bond donors (Lipinski definition) is 4. The van der Waals surface area contributed by atoms with E-state index in [1.807, 2.05) is 48.7 Å². The maximum Gasteiger partial charge on any atom is 0.258 e. The Morgan fingerprint density at radius 3 is 2.61 bits per heavy atom. The number of nitrogens with zero attached hydrogens (tertiary/aromatic N) is 6. The number of aliphatic hydroxyl groups is 1. The molecule has 0 bridgehead atoms. The zero-order chi connectivity index (χ0) is 34.5. The average Bonchev–Trinajstić information content (AvgIpc) is 3.76. The summed E-state index contributed by atoms with van der Waals surface area (Å²) >= 11 is 0. The van der Waals surface area contributed by atoms with E-state index in [0.717, 1.165) is 48.7 Å². The van der Waals surface area contributed by atoms with Gasteiger partial charge in [0.1, 0.15) is 11.5 Å². The number of carbonyl (C=O) groups excluding carboxylic acids is 1. The van der Waals surface area contributed by atoms with Crippen molar-refractivity contribution in [1.82, 2.24) is 29.4 Å². The smallest absolute Gasteiger partial charge is 0.258 e. The van der Waals surface area contributed by atoms with Gasteiger partial charge in [0.05, 0.1) is 47.4 Å². The van der Waals surface area contributed by atoms with Crippen molar-refractivity contribution in [2.24, 2.45) is 0 Å². The number of amides is 1. The van der Waals surface area contributed by atoms with Crippen molar-refractivity contribution in [3.05, 3.63) is 107 Å². The highest BCUT2D eigenvalue weighted by atomic mass is 19.1. The molecule has 1 amide bonds. The zero-order valence-electron chi connectivity index (χ0n) is 27.7. The third-order valence-corrected chi connectivity index (χ3v) is 8.79. The topological polar surface area (TPSA) is 138 Å². The van der Waals surface area contributed by atoms with E-state index >= 15 is 4.39 Å². The van der Waals surface area contributed by atoms with Gasteiger partial charge in [0.2, 0.25) is 0 Å². The zero-order valence-corrected chi connectivity index (χ0v) is 27.7. The van der Waals surface area contributed by atoms with Crippen molar-refractivity contribution in [2.75, 3.05) is 50.0 Å². The first kappa shape index (κ1) is 33.4. The molecule has 2 aromatic carbocycles. The molecule has 1 fully saturated rings. The first-order valence-electron chi connectivity index (χ1n) is 16.1. The second-order valence-electron chi connectivity index (χ2n) is 12.7. The van der Waals surface area contributed by atoms with E-state index in [-0.39, 0.29) is 12.2 Å². The number of rotatable bonds is 9. The van der Waals surface area contributed by atoms with E-state index in [4.69, 9.17) is 0 Å². The lowest BCUT2D eigenvalue weighted by Crippen LogP contribution is -2.46. The number of nitrogens with one attached hydrogen (secondary N) is 3. The van der Waals surface area contributed by atoms with Crippen LogP contribution >= 0.6 is 0 Å². The summed E-state index contributed by atoms with van der Waals surface area (Å²) in [5, 5.41) is 32.1. The summed E-state index contributed by atoms with van der Waals surface area (Å²) in [4.78, 5) is 22.6. The molecule has 11 nitrogen and oxygen atoms in total. The molecule has 1 saturated heterocycles. The molecule has 5 aromatic rings. The fourth-order valence-corrected chi connectivity index (χ4v) is 5.97. The number of piperazine rings is 1. The molecule has 3 aromatic heterocycles. The quantitative estimate of drug-likeness (QED) is 0.166. The highest BCUT2D eigenvalue weighted by Crippen LogP contribution is 2.30. The largest absolute Gasteiger partial charge is 0.395 e. The molecular weight excluding hydrogens is 621 g/mol. The van der Waals surface area contributed by atoms with Gasteiger partial charge in [-0.25, -0.2) is 9.37 Å². The van der Waals surface area contributed by atoms with E-state index in [0.29, 0.717) is 41.2 Å². The van der Waals surface area contributed by atoms with Crippen LogP contribution in [0.4, 0.5) is 21.5 Å². The first-order valence-corrected chi connectivity index (χ1v) is 16.1. The van der Waals surface area contributed by atoms with Gasteiger partial charge < -0.3 is 15.7 Å². The summed E-state index contributed by atoms with van der Waals surface area (Å²) in [5.41, 5.74) is 5.29. The number of hydrogen-bond acceptors (Lipinski definition) is 8. The van der Waals surface area contributed by atoms with E-state index < -0.39 is 17.1 Å². The van der Waals surface area contributed by atoms with Gasteiger partial charge in [0.25, 0.3) is 5.91 Å². The molecule has 0 unspecified atom stereocenters. The predicted molar refractivity (Wildman–Crippen MR) is 186 cm³/mol. The van der Waals surface area contributed by atoms with Crippen molar-refractivity contribution in [2.45, 2.75) is 32.7 Å². The molecule has 0 atom stereocenters. The molecule has 0 saturated carbocycles. The van der Waals surface area contributed by atoms with Gasteiger partial charge in [-0.1, -0.05) is 12.0 Å². The van der Waals surface area contributed by atoms with Crippen LogP contribution < -0.4 is 10.6 Å². The number of β-amino-alcohol motifs (C(OH)–C–C–N with tert-alkyl or cyclic N) is 1. The van der Waals surface area contributed by atoms with E-state index in [9.17, 15) is 15.2 Å². The van der Waals surface area contributed by atoms with Crippen LogP contribution in [0.5, 0.6) is 0 Å². The third kappa shape index (κ3) is 7.47. The molecule has 1 aliphatic heterocycles. The number of carbonyl (C=O) groups is 1. The van der Waals surface area contributed by atoms with Crippen LogP contribution in [-0.4, -0.2) is 79.7 Å². The Bertz CT molecular complexity index is 2080. The lowest BCUT2D eigenvalue weighted by atomic mass is 9.82. The van der Waals surface area contributed by atoms with Crippen molar-refractivity contribution in [3.63, 3.8) is 0 Å². The number of H-pyrrole nitrogens is 1. The number of aliphatic hydroxyl groups excluding tert-OH is 1. The maximum atomic E-state index is 15.2. The number of imidazole rings is 1. The summed E-state index contributed by atoms with van der Waals surface area (Å²) in [7, 11) is 0. The number of fused-ring (bicyclic) bond motifs is 1. The van der Waals surface area contributed by atoms with Gasteiger partial charge in [0.15, 0.2) is 5.65 Å². The number of aromatic amines is 1. The number of benzene rings is 2. The molecule has 0 aliphatic carbocycles. The SMILES string of the molecule is Cc1cc(F)c(C(=O)Nc2ccc(CN3CCN(CCO)CC3)c(C(C)(C)C#N)c2)cc1C#Cc1cnc2c(Nc3cn[nH]c3)cccn12. The van der Waals surface area contributed by atoms with Crippen LogP contribution in [0.2, 0.25) is 0 Å². The number of halogens is 1. The summed E-state index contributed by atoms with van der Waals surface area (Å²) in [6.07, 6.45) is 6.93. The van der Waals surface area contributed by atoms with Crippen LogP contribution in [-0.2, 0) is 12.0 Å². The molecule has 1 aliphatic rings. The van der Waals surface area contributed by atoms with Crippen LogP contribution in [0.25, 0.3) is 5.65 Å². The fraction of sp³-hybridized carbons (Fsp3) is 0.297. The molecule has 250 valence electrons. The summed E-state index contributed by atoms with van der Waals surface area (Å²) < 4.78 is 17.1. The Labute approximate surface area is 284 Å². The number of pyridine rings is 1. The summed E-state index contributed by atoms with van der Waals surface area (Å²) in [6, 6.07) is 14.5. The van der Waals surface area contributed by atoms with Gasteiger partial charge in [-0.3, -0.25) is 24.1 Å². The van der Waals surface area contributed by atoms with Crippen molar-refractivity contribution >= 4 is 28.6 Å². The number of aryl methyl sites for hydroxylation is 1. The second kappa shape index (κ2) is 14.3. The molecule has 6 rings (SSSR count). The number of aromatic nitrogens is 4. The minimum Gasteiger partial charge on any atom is -0.395 e. The number of nitriles is 1. The monoisotopic (exact) mass is 659 g/mol. The maximum absolute atomic E-state index is 15.2. The van der Waals surface area contributed by atoms with Gasteiger partial charge >= 0.3 is 0 Å². The lowest BCUT2D eigenvalue weighted by Gasteiger charge is -2.35. The molecular formula is C37H38FN9O2. The van der Waals surface area contributed by atoms with E-state index in [1.54, 1.807) is 31.6 Å². The van der Waals surface area contributed by atoms with E-state index in [2.05, 4.69) is 53.5 Å². The number of anilines is 3. The summed E-state index contributed by atoms with van der Waals surface area (Å²) in [5.74, 6) is 4.96. The van der Waals surface area contributed by atoms with Crippen LogP contribution in [0.15, 0.2) is 67.3 Å². The first-order chi connectivity index (χ1) is 23.6. The Morgan fingerprint density at radius 1 is 1.08 bits per heavy atom. The van der Waals surface area contributed by atoms with Gasteiger partial charge in [-0.05, 0) is 79.8 Å². The van der Waals surface area contributed by atoms with Crippen molar-refractivity contribution < 1.29 is 14.3 Å². The Morgan fingerprint density at radius 2 is 1.88 bits per heavy atom. The molecule has 4 N–H and O–H groups in total. The van der Waals surface area contributed by atoms with E-state index in [1.165, 1.54) is 12.1 Å². The van der Waals surface area contributed by atoms with Gasteiger partial charge in [0, 0.05) is 62.9 Å². The standard InChI is InChI=1S/C37H38FN9O2/c1-25-17-33(38)31(18-26(25)7-9-30-22-40-35-34(5-4-10-47(30)35)43-29-20-41-42-21-29)36(49)44-28-8-6-27(32(19-28)37(2,3)24-39)23-46-13-11-45(12-14-46)15-16-48/h4-6,8,10,17-22,43,48H,11-16,23H2,1-3H3,(H,41,42)(H,44,49). The average molecular weight is 660 g/mol. The molecule has 12 heteroatoms. The summed E-state index contributed by atoms with van der Waals surface area (Å²) in [6.45, 7) is 10.3. The van der Waals surface area contributed by atoms with Crippen LogP contribution in [0.1, 0.15) is 52.2 Å². The second-order valence-corrected chi connectivity index (χ2v) is 12.7. The minimum atomic E-state index is -0.819. The minimum absolute atomic E-state index is 0.134.